The summed E-state index contributed by atoms with van der Waals surface area (Å²) in [6.45, 7) is 1.55. The lowest BCUT2D eigenvalue weighted by Gasteiger charge is -2.10. The van der Waals surface area contributed by atoms with Crippen LogP contribution in [-0.4, -0.2) is 49.7 Å². The Morgan fingerprint density at radius 3 is 2.75 bits per heavy atom. The second kappa shape index (κ2) is 8.55. The van der Waals surface area contributed by atoms with Gasteiger partial charge in [0.05, 0.1) is 17.1 Å². The number of hydrogen-bond acceptors (Lipinski definition) is 3. The van der Waals surface area contributed by atoms with Crippen molar-refractivity contribution in [2.45, 2.75) is 6.42 Å². The van der Waals surface area contributed by atoms with Crippen LogP contribution in [0.3, 0.4) is 0 Å². The van der Waals surface area contributed by atoms with Crippen LogP contribution in [0, 0.1) is 0 Å². The highest BCUT2D eigenvalue weighted by Gasteiger charge is 2.10. The van der Waals surface area contributed by atoms with Gasteiger partial charge in [-0.05, 0) is 39.2 Å². The highest BCUT2D eigenvalue weighted by atomic mass is 35.5. The van der Waals surface area contributed by atoms with E-state index in [9.17, 15) is 4.79 Å². The minimum absolute atomic E-state index is 0.138. The molecule has 0 aromatic heterocycles. The predicted molar refractivity (Wildman–Crippen MR) is 83.9 cm³/mol. The van der Waals surface area contributed by atoms with Gasteiger partial charge < -0.3 is 16.0 Å². The van der Waals surface area contributed by atoms with Gasteiger partial charge in [-0.25, -0.2) is 4.99 Å². The highest BCUT2D eigenvalue weighted by Crippen LogP contribution is 2.18. The maximum absolute atomic E-state index is 12.1. The minimum atomic E-state index is -0.148. The molecule has 0 fully saturated rings. The fourth-order valence-corrected chi connectivity index (χ4v) is 1.70. The minimum Gasteiger partial charge on any atom is -0.386 e. The van der Waals surface area contributed by atoms with Crippen LogP contribution in [0.4, 0.5) is 5.69 Å². The largest absolute Gasteiger partial charge is 0.386 e. The fraction of sp³-hybridized carbons (Fsp3) is 0.429. The van der Waals surface area contributed by atoms with Crippen molar-refractivity contribution in [3.8, 4) is 0 Å². The molecule has 6 heteroatoms. The van der Waals surface area contributed by atoms with Gasteiger partial charge in [-0.15, -0.1) is 11.6 Å². The van der Waals surface area contributed by atoms with E-state index in [2.05, 4.69) is 15.2 Å². The molecule has 0 saturated heterocycles. The summed E-state index contributed by atoms with van der Waals surface area (Å²) < 4.78 is 0. The molecule has 0 bridgehead atoms. The lowest BCUT2D eigenvalue weighted by Crippen LogP contribution is -2.27. The van der Waals surface area contributed by atoms with Crippen molar-refractivity contribution in [3.05, 3.63) is 29.8 Å². The molecule has 0 radical (unpaired) electrons. The summed E-state index contributed by atoms with van der Waals surface area (Å²) in [7, 11) is 4.00. The van der Waals surface area contributed by atoms with Gasteiger partial charge in [-0.2, -0.15) is 0 Å². The number of rotatable bonds is 7. The van der Waals surface area contributed by atoms with Crippen LogP contribution in [-0.2, 0) is 0 Å². The Bertz CT molecular complexity index is 474. The summed E-state index contributed by atoms with van der Waals surface area (Å²) in [5.41, 5.74) is 6.65. The van der Waals surface area contributed by atoms with Crippen LogP contribution in [0.1, 0.15) is 16.8 Å². The predicted octanol–water partition coefficient (Wildman–Crippen LogP) is 1.60. The van der Waals surface area contributed by atoms with Gasteiger partial charge in [0, 0.05) is 6.54 Å². The number of benzene rings is 1. The van der Waals surface area contributed by atoms with E-state index in [1.807, 2.05) is 20.2 Å². The van der Waals surface area contributed by atoms with E-state index in [0.717, 1.165) is 13.0 Å². The number of aliphatic imine (C=N–C) groups is 1. The number of halogens is 1. The molecule has 1 aromatic carbocycles. The molecule has 0 spiro atoms. The fourth-order valence-electron chi connectivity index (χ4n) is 1.64. The molecular formula is C14H21ClN4O. The summed E-state index contributed by atoms with van der Waals surface area (Å²) in [4.78, 5) is 18.3. The molecule has 1 aromatic rings. The Morgan fingerprint density at radius 2 is 2.10 bits per heavy atom. The molecule has 1 amide bonds. The lowest BCUT2D eigenvalue weighted by molar-refractivity contribution is 0.0953. The lowest BCUT2D eigenvalue weighted by atomic mass is 10.1. The number of carbonyl (C=O) groups excluding carboxylic acids is 1. The third-order valence-electron chi connectivity index (χ3n) is 2.62. The van der Waals surface area contributed by atoms with Crippen molar-refractivity contribution >= 4 is 29.0 Å². The second-order valence-electron chi connectivity index (χ2n) is 4.67. The van der Waals surface area contributed by atoms with E-state index in [4.69, 9.17) is 17.3 Å². The Labute approximate surface area is 124 Å². The second-order valence-corrected chi connectivity index (χ2v) is 4.93. The third-order valence-corrected chi connectivity index (χ3v) is 2.89. The van der Waals surface area contributed by atoms with Gasteiger partial charge in [0.2, 0.25) is 0 Å². The van der Waals surface area contributed by atoms with Crippen molar-refractivity contribution in [1.29, 1.82) is 0 Å². The van der Waals surface area contributed by atoms with Crippen LogP contribution >= 0.6 is 11.6 Å². The molecule has 0 unspecified atom stereocenters. The third kappa shape index (κ3) is 5.59. The molecule has 0 atom stereocenters. The van der Waals surface area contributed by atoms with E-state index in [1.165, 1.54) is 0 Å². The van der Waals surface area contributed by atoms with E-state index < -0.39 is 0 Å². The molecule has 20 heavy (non-hydrogen) atoms. The van der Waals surface area contributed by atoms with E-state index in [-0.39, 0.29) is 11.8 Å². The highest BCUT2D eigenvalue weighted by molar-refractivity contribution is 6.28. The van der Waals surface area contributed by atoms with Gasteiger partial charge in [-0.3, -0.25) is 4.79 Å². The van der Waals surface area contributed by atoms with E-state index >= 15 is 0 Å². The zero-order valence-electron chi connectivity index (χ0n) is 11.9. The topological polar surface area (TPSA) is 70.7 Å². The first-order valence-corrected chi connectivity index (χ1v) is 6.99. The molecule has 1 rings (SSSR count). The summed E-state index contributed by atoms with van der Waals surface area (Å²) in [6, 6.07) is 7.07. The van der Waals surface area contributed by atoms with Gasteiger partial charge >= 0.3 is 0 Å². The Morgan fingerprint density at radius 1 is 1.40 bits per heavy atom. The first kappa shape index (κ1) is 16.5. The molecule has 0 heterocycles. The average Bonchev–Trinajstić information content (AvgIpc) is 2.43. The number of nitrogens with one attached hydrogen (secondary N) is 1. The molecular weight excluding hydrogens is 276 g/mol. The zero-order chi connectivity index (χ0) is 15.0. The number of amidine groups is 1. The van der Waals surface area contributed by atoms with Crippen LogP contribution < -0.4 is 11.1 Å². The van der Waals surface area contributed by atoms with Gasteiger partial charge in [0.1, 0.15) is 5.84 Å². The normalized spacial score (nSPS) is 11.7. The maximum Gasteiger partial charge on any atom is 0.253 e. The smallest absolute Gasteiger partial charge is 0.253 e. The standard InChI is InChI=1S/C14H21ClN4O/c1-19(2)9-5-8-17-14(20)11-6-3-4-7-12(11)18-13(16)10-15/h3-4,6-7H,5,8-10H2,1-2H3,(H2,16,18)(H,17,20). The van der Waals surface area contributed by atoms with Gasteiger partial charge in [0.15, 0.2) is 0 Å². The summed E-state index contributed by atoms with van der Waals surface area (Å²) in [5.74, 6) is 0.281. The van der Waals surface area contributed by atoms with Crippen molar-refractivity contribution in [1.82, 2.24) is 10.2 Å². The van der Waals surface area contributed by atoms with Crippen LogP contribution in [0.5, 0.6) is 0 Å². The Balaban J connectivity index is 2.68. The van der Waals surface area contributed by atoms with Crippen molar-refractivity contribution in [2.75, 3.05) is 33.1 Å². The number of hydrogen-bond donors (Lipinski definition) is 2. The monoisotopic (exact) mass is 296 g/mol. The Kier molecular flexibility index (Phi) is 7.04. The number of carbonyl (C=O) groups is 1. The SMILES string of the molecule is CN(C)CCCNC(=O)c1ccccc1N=C(N)CCl. The number of nitrogens with zero attached hydrogens (tertiary/aromatic N) is 2. The summed E-state index contributed by atoms with van der Waals surface area (Å²) in [6.07, 6.45) is 0.897. The molecule has 5 nitrogen and oxygen atoms in total. The maximum atomic E-state index is 12.1. The summed E-state index contributed by atoms with van der Waals surface area (Å²) in [5, 5.41) is 2.88. The average molecular weight is 297 g/mol. The molecule has 0 aliphatic carbocycles. The van der Waals surface area contributed by atoms with E-state index in [1.54, 1.807) is 18.2 Å². The van der Waals surface area contributed by atoms with E-state index in [0.29, 0.717) is 23.6 Å². The van der Waals surface area contributed by atoms with Crippen LogP contribution in [0.25, 0.3) is 0 Å². The number of alkyl halides is 1. The molecule has 0 aliphatic heterocycles. The van der Waals surface area contributed by atoms with Crippen molar-refractivity contribution < 1.29 is 4.79 Å². The first-order chi connectivity index (χ1) is 9.54. The molecule has 0 aliphatic rings. The number of nitrogens with two attached hydrogens (primary N) is 1. The van der Waals surface area contributed by atoms with Crippen LogP contribution in [0.2, 0.25) is 0 Å². The van der Waals surface area contributed by atoms with Gasteiger partial charge in [-0.1, -0.05) is 12.1 Å². The molecule has 0 saturated carbocycles. The van der Waals surface area contributed by atoms with Crippen LogP contribution in [0.15, 0.2) is 29.3 Å². The molecule has 3 N–H and O–H groups in total. The zero-order valence-corrected chi connectivity index (χ0v) is 12.7. The summed E-state index contributed by atoms with van der Waals surface area (Å²) >= 11 is 5.60. The Hall–Kier alpha value is -1.59. The quantitative estimate of drug-likeness (QED) is 0.347. The molecule has 110 valence electrons. The first-order valence-electron chi connectivity index (χ1n) is 6.45. The number of para-hydroxylation sites is 1. The van der Waals surface area contributed by atoms with Gasteiger partial charge in [0.25, 0.3) is 5.91 Å². The van der Waals surface area contributed by atoms with Crippen molar-refractivity contribution in [2.24, 2.45) is 10.7 Å². The number of amides is 1. The van der Waals surface area contributed by atoms with Crippen molar-refractivity contribution in [3.63, 3.8) is 0 Å².